The van der Waals surface area contributed by atoms with Gasteiger partial charge in [-0.3, -0.25) is 4.90 Å². The van der Waals surface area contributed by atoms with Crippen LogP contribution in [0.5, 0.6) is 5.75 Å². The van der Waals surface area contributed by atoms with Crippen molar-refractivity contribution in [2.75, 3.05) is 39.9 Å². The van der Waals surface area contributed by atoms with Gasteiger partial charge in [-0.1, -0.05) is 31.0 Å². The van der Waals surface area contributed by atoms with Gasteiger partial charge in [0.2, 0.25) is 0 Å². The van der Waals surface area contributed by atoms with E-state index in [-0.39, 0.29) is 0 Å². The van der Waals surface area contributed by atoms with E-state index in [1.54, 1.807) is 7.11 Å². The van der Waals surface area contributed by atoms with Crippen LogP contribution < -0.4 is 4.74 Å². The number of para-hydroxylation sites is 1. The van der Waals surface area contributed by atoms with E-state index in [0.717, 1.165) is 60.5 Å². The molecule has 5 nitrogen and oxygen atoms in total. The summed E-state index contributed by atoms with van der Waals surface area (Å²) in [6, 6.07) is 11.4. The molecule has 1 aromatic carbocycles. The highest BCUT2D eigenvalue weighted by molar-refractivity contribution is 5.84. The van der Waals surface area contributed by atoms with Gasteiger partial charge in [-0.2, -0.15) is 0 Å². The van der Waals surface area contributed by atoms with Gasteiger partial charge < -0.3 is 14.4 Å². The third-order valence-electron chi connectivity index (χ3n) is 7.84. The summed E-state index contributed by atoms with van der Waals surface area (Å²) >= 11 is 0. The summed E-state index contributed by atoms with van der Waals surface area (Å²) in [7, 11) is 1.73. The Morgan fingerprint density at radius 2 is 1.84 bits per heavy atom. The van der Waals surface area contributed by atoms with Crippen molar-refractivity contribution in [3.05, 3.63) is 36.0 Å². The van der Waals surface area contributed by atoms with E-state index in [4.69, 9.17) is 14.5 Å². The van der Waals surface area contributed by atoms with Gasteiger partial charge in [0.05, 0.1) is 18.9 Å². The van der Waals surface area contributed by atoms with E-state index in [1.165, 1.54) is 64.5 Å². The maximum absolute atomic E-state index is 6.01. The van der Waals surface area contributed by atoms with Crippen LogP contribution in [-0.2, 0) is 11.3 Å². The Labute approximate surface area is 193 Å². The minimum Gasteiger partial charge on any atom is -0.494 e. The van der Waals surface area contributed by atoms with E-state index >= 15 is 0 Å². The van der Waals surface area contributed by atoms with Gasteiger partial charge in [0, 0.05) is 37.7 Å². The number of hydrogen-bond donors (Lipinski definition) is 0. The second kappa shape index (κ2) is 10.5. The van der Waals surface area contributed by atoms with Crippen LogP contribution in [0.3, 0.4) is 0 Å². The van der Waals surface area contributed by atoms with E-state index < -0.39 is 0 Å². The molecular weight excluding hydrogens is 398 g/mol. The minimum atomic E-state index is 0.378. The average Bonchev–Trinajstić information content (AvgIpc) is 3.54. The molecule has 1 aliphatic carbocycles. The first-order valence-corrected chi connectivity index (χ1v) is 12.8. The first-order chi connectivity index (χ1) is 15.8. The fraction of sp³-hybridized carbons (Fsp3) is 0.667. The van der Waals surface area contributed by atoms with Crippen LogP contribution in [-0.4, -0.2) is 66.8 Å². The molecule has 2 aromatic rings. The van der Waals surface area contributed by atoms with Gasteiger partial charge in [0.15, 0.2) is 0 Å². The molecule has 1 aromatic heterocycles. The van der Waals surface area contributed by atoms with Crippen molar-refractivity contribution < 1.29 is 9.47 Å². The average molecular weight is 438 g/mol. The Hall–Kier alpha value is -1.69. The molecule has 3 aliphatic rings. The molecule has 3 fully saturated rings. The quantitative estimate of drug-likeness (QED) is 0.588. The molecule has 2 saturated heterocycles. The molecule has 1 unspecified atom stereocenters. The fourth-order valence-electron chi connectivity index (χ4n) is 6.06. The molecule has 5 heteroatoms. The zero-order valence-electron chi connectivity index (χ0n) is 19.7. The lowest BCUT2D eigenvalue weighted by Gasteiger charge is -2.38. The summed E-state index contributed by atoms with van der Waals surface area (Å²) in [6.07, 6.45) is 11.1. The van der Waals surface area contributed by atoms with Crippen LogP contribution >= 0.6 is 0 Å². The number of rotatable bonds is 8. The molecular formula is C27H39N3O2. The SMILES string of the molecule is COc1cccc2ccc(CN(CC3CCN(C4CCCC4)CC3)CC3CCCO3)nc12. The van der Waals surface area contributed by atoms with Crippen molar-refractivity contribution in [1.82, 2.24) is 14.8 Å². The molecule has 0 spiro atoms. The molecule has 1 saturated carbocycles. The second-order valence-electron chi connectivity index (χ2n) is 10.1. The van der Waals surface area contributed by atoms with Gasteiger partial charge in [0.25, 0.3) is 0 Å². The van der Waals surface area contributed by atoms with E-state index in [1.807, 2.05) is 12.1 Å². The number of fused-ring (bicyclic) bond motifs is 1. The maximum Gasteiger partial charge on any atom is 0.145 e. The van der Waals surface area contributed by atoms with E-state index in [9.17, 15) is 0 Å². The Morgan fingerprint density at radius 3 is 2.59 bits per heavy atom. The zero-order chi connectivity index (χ0) is 21.8. The smallest absolute Gasteiger partial charge is 0.145 e. The number of ether oxygens (including phenoxy) is 2. The summed E-state index contributed by atoms with van der Waals surface area (Å²) in [5.74, 6) is 1.64. The van der Waals surface area contributed by atoms with Gasteiger partial charge in [-0.05, 0) is 69.7 Å². The summed E-state index contributed by atoms with van der Waals surface area (Å²) in [5.41, 5.74) is 2.10. The number of aromatic nitrogens is 1. The molecule has 32 heavy (non-hydrogen) atoms. The van der Waals surface area contributed by atoms with Crippen molar-refractivity contribution in [3.63, 3.8) is 0 Å². The molecule has 3 heterocycles. The van der Waals surface area contributed by atoms with Crippen molar-refractivity contribution in [3.8, 4) is 5.75 Å². The van der Waals surface area contributed by atoms with Crippen molar-refractivity contribution in [1.29, 1.82) is 0 Å². The lowest BCUT2D eigenvalue weighted by molar-refractivity contribution is 0.0536. The monoisotopic (exact) mass is 437 g/mol. The largest absolute Gasteiger partial charge is 0.494 e. The van der Waals surface area contributed by atoms with Crippen molar-refractivity contribution in [2.24, 2.45) is 5.92 Å². The Bertz CT molecular complexity index is 868. The molecule has 2 aliphatic heterocycles. The predicted molar refractivity (Wildman–Crippen MR) is 129 cm³/mol. The first kappa shape index (κ1) is 22.1. The van der Waals surface area contributed by atoms with Crippen molar-refractivity contribution in [2.45, 2.75) is 70.1 Å². The van der Waals surface area contributed by atoms with Crippen LogP contribution in [0.15, 0.2) is 30.3 Å². The summed E-state index contributed by atoms with van der Waals surface area (Å²) in [6.45, 7) is 6.56. The predicted octanol–water partition coefficient (Wildman–Crippen LogP) is 4.88. The summed E-state index contributed by atoms with van der Waals surface area (Å²) < 4.78 is 11.6. The molecule has 0 radical (unpaired) electrons. The van der Waals surface area contributed by atoms with Gasteiger partial charge in [0.1, 0.15) is 11.3 Å². The Balaban J connectivity index is 1.25. The highest BCUT2D eigenvalue weighted by Crippen LogP contribution is 2.29. The number of pyridine rings is 1. The summed E-state index contributed by atoms with van der Waals surface area (Å²) in [4.78, 5) is 10.4. The number of hydrogen-bond acceptors (Lipinski definition) is 5. The number of methoxy groups -OCH3 is 1. The molecule has 5 rings (SSSR count). The third kappa shape index (κ3) is 5.27. The molecule has 0 amide bonds. The lowest BCUT2D eigenvalue weighted by atomic mass is 9.94. The van der Waals surface area contributed by atoms with Crippen LogP contribution in [0, 0.1) is 5.92 Å². The molecule has 0 N–H and O–H groups in total. The van der Waals surface area contributed by atoms with E-state index in [0.29, 0.717) is 6.10 Å². The fourth-order valence-corrected chi connectivity index (χ4v) is 6.06. The minimum absolute atomic E-state index is 0.378. The number of nitrogens with zero attached hydrogens (tertiary/aromatic N) is 3. The van der Waals surface area contributed by atoms with Gasteiger partial charge >= 0.3 is 0 Å². The van der Waals surface area contributed by atoms with Gasteiger partial charge in [-0.15, -0.1) is 0 Å². The molecule has 174 valence electrons. The van der Waals surface area contributed by atoms with Crippen LogP contribution in [0.25, 0.3) is 10.9 Å². The summed E-state index contributed by atoms with van der Waals surface area (Å²) in [5, 5.41) is 1.14. The van der Waals surface area contributed by atoms with Gasteiger partial charge in [-0.25, -0.2) is 4.98 Å². The normalized spacial score (nSPS) is 23.5. The Morgan fingerprint density at radius 1 is 1.00 bits per heavy atom. The van der Waals surface area contributed by atoms with Crippen LogP contribution in [0.1, 0.15) is 57.1 Å². The van der Waals surface area contributed by atoms with Crippen LogP contribution in [0.2, 0.25) is 0 Å². The molecule has 0 bridgehead atoms. The highest BCUT2D eigenvalue weighted by atomic mass is 16.5. The van der Waals surface area contributed by atoms with Crippen LogP contribution in [0.4, 0.5) is 0 Å². The number of likely N-dealkylation sites (tertiary alicyclic amines) is 1. The standard InChI is InChI=1S/C27H39N3O2/c1-31-26-10-4-6-22-11-12-23(28-27(22)26)19-29(20-25-9-5-17-32-25)18-21-13-15-30(16-14-21)24-7-2-3-8-24/h4,6,10-12,21,24-25H,2-3,5,7-9,13-20H2,1H3. The molecule has 1 atom stereocenters. The first-order valence-electron chi connectivity index (χ1n) is 12.8. The lowest BCUT2D eigenvalue weighted by Crippen LogP contribution is -2.43. The van der Waals surface area contributed by atoms with E-state index in [2.05, 4.69) is 28.0 Å². The van der Waals surface area contributed by atoms with Crippen molar-refractivity contribution >= 4 is 10.9 Å². The zero-order valence-corrected chi connectivity index (χ0v) is 19.7. The number of benzene rings is 1. The second-order valence-corrected chi connectivity index (χ2v) is 10.1. The highest BCUT2D eigenvalue weighted by Gasteiger charge is 2.29. The number of piperidine rings is 1. The maximum atomic E-state index is 6.01. The topological polar surface area (TPSA) is 37.8 Å². The Kier molecular flexibility index (Phi) is 7.25. The third-order valence-corrected chi connectivity index (χ3v) is 7.84.